The number of carbonyl (C=O) groups is 3. The molecule has 3 aromatic rings. The first kappa shape index (κ1) is 25.0. The average Bonchev–Trinajstić information content (AvgIpc) is 2.97. The SMILES string of the molecule is COC(=O)C1=C(N)N(c2ccccc2)C2=C(C(=O)[C@@H](C(=O)OC)[C@@H](c3ccccc3)C2)[C@@H]1c1cccnc1. The van der Waals surface area contributed by atoms with Crippen molar-refractivity contribution >= 4 is 23.4 Å². The summed E-state index contributed by atoms with van der Waals surface area (Å²) in [7, 11) is 2.54. The number of nitrogens with two attached hydrogens (primary N) is 1. The summed E-state index contributed by atoms with van der Waals surface area (Å²) >= 11 is 0. The molecule has 0 fully saturated rings. The van der Waals surface area contributed by atoms with E-state index >= 15 is 0 Å². The average molecular weight is 510 g/mol. The highest BCUT2D eigenvalue weighted by Crippen LogP contribution is 2.51. The van der Waals surface area contributed by atoms with Crippen LogP contribution in [-0.4, -0.2) is 36.9 Å². The van der Waals surface area contributed by atoms with Crippen LogP contribution in [0.1, 0.15) is 29.4 Å². The molecule has 192 valence electrons. The summed E-state index contributed by atoms with van der Waals surface area (Å²) in [6, 6.07) is 22.2. The first-order valence-corrected chi connectivity index (χ1v) is 12.2. The number of allylic oxidation sites excluding steroid dienone is 2. The Bertz CT molecular complexity index is 1430. The van der Waals surface area contributed by atoms with Gasteiger partial charge in [0, 0.05) is 35.3 Å². The van der Waals surface area contributed by atoms with Gasteiger partial charge in [0.2, 0.25) is 0 Å². The number of pyridine rings is 1. The topological polar surface area (TPSA) is 112 Å². The summed E-state index contributed by atoms with van der Waals surface area (Å²) in [6.45, 7) is 0. The Balaban J connectivity index is 1.82. The van der Waals surface area contributed by atoms with Gasteiger partial charge in [0.1, 0.15) is 11.7 Å². The second-order valence-electron chi connectivity index (χ2n) is 9.13. The highest BCUT2D eigenvalue weighted by molar-refractivity contribution is 6.14. The molecular weight excluding hydrogens is 482 g/mol. The van der Waals surface area contributed by atoms with Gasteiger partial charge in [-0.1, -0.05) is 54.6 Å². The number of anilines is 1. The lowest BCUT2D eigenvalue weighted by atomic mass is 9.67. The lowest BCUT2D eigenvalue weighted by molar-refractivity contribution is -0.150. The summed E-state index contributed by atoms with van der Waals surface area (Å²) in [5, 5.41) is 0. The van der Waals surface area contributed by atoms with Gasteiger partial charge in [-0.15, -0.1) is 0 Å². The maximum atomic E-state index is 14.4. The van der Waals surface area contributed by atoms with Gasteiger partial charge in [-0.25, -0.2) is 4.79 Å². The van der Waals surface area contributed by atoms with E-state index in [4.69, 9.17) is 15.2 Å². The molecule has 0 spiro atoms. The second-order valence-corrected chi connectivity index (χ2v) is 9.13. The van der Waals surface area contributed by atoms with E-state index in [0.29, 0.717) is 28.9 Å². The number of hydrogen-bond acceptors (Lipinski definition) is 8. The van der Waals surface area contributed by atoms with Crippen molar-refractivity contribution in [3.05, 3.63) is 119 Å². The van der Waals surface area contributed by atoms with Gasteiger partial charge in [0.15, 0.2) is 5.78 Å². The Kier molecular flexibility index (Phi) is 6.79. The number of esters is 2. The van der Waals surface area contributed by atoms with E-state index in [1.165, 1.54) is 14.2 Å². The molecule has 2 heterocycles. The molecular formula is C30H27N3O5. The van der Waals surface area contributed by atoms with Crippen molar-refractivity contribution in [3.63, 3.8) is 0 Å². The van der Waals surface area contributed by atoms with Crippen molar-refractivity contribution in [2.45, 2.75) is 18.3 Å². The Hall–Kier alpha value is -4.72. The molecule has 8 nitrogen and oxygen atoms in total. The van der Waals surface area contributed by atoms with Crippen LogP contribution in [0.5, 0.6) is 0 Å². The Morgan fingerprint density at radius 3 is 2.18 bits per heavy atom. The van der Waals surface area contributed by atoms with Gasteiger partial charge in [0.05, 0.1) is 25.7 Å². The van der Waals surface area contributed by atoms with E-state index in [1.807, 2.05) is 60.7 Å². The van der Waals surface area contributed by atoms with Crippen LogP contribution in [0.3, 0.4) is 0 Å². The Morgan fingerprint density at radius 2 is 1.58 bits per heavy atom. The zero-order chi connectivity index (χ0) is 26.8. The summed E-state index contributed by atoms with van der Waals surface area (Å²) in [5.74, 6) is -4.03. The van der Waals surface area contributed by atoms with Crippen molar-refractivity contribution < 1.29 is 23.9 Å². The molecule has 0 saturated carbocycles. The molecule has 2 aliphatic rings. The fourth-order valence-corrected chi connectivity index (χ4v) is 5.50. The summed E-state index contributed by atoms with van der Waals surface area (Å²) in [6.07, 6.45) is 3.51. The molecule has 0 unspecified atom stereocenters. The molecule has 1 aliphatic heterocycles. The van der Waals surface area contributed by atoms with Gasteiger partial charge in [0.25, 0.3) is 0 Å². The summed E-state index contributed by atoms with van der Waals surface area (Å²) in [4.78, 5) is 46.8. The first-order valence-electron chi connectivity index (χ1n) is 12.2. The number of carbonyl (C=O) groups excluding carboxylic acids is 3. The number of nitrogens with zero attached hydrogens (tertiary/aromatic N) is 2. The van der Waals surface area contributed by atoms with E-state index < -0.39 is 35.5 Å². The molecule has 0 amide bonds. The van der Waals surface area contributed by atoms with Crippen LogP contribution >= 0.6 is 0 Å². The highest BCUT2D eigenvalue weighted by atomic mass is 16.5. The van der Waals surface area contributed by atoms with E-state index in [1.54, 1.807) is 29.4 Å². The number of methoxy groups -OCH3 is 2. The number of ether oxygens (including phenoxy) is 2. The van der Waals surface area contributed by atoms with Crippen LogP contribution in [0.15, 0.2) is 108 Å². The summed E-state index contributed by atoms with van der Waals surface area (Å²) in [5.41, 5.74) is 9.90. The lowest BCUT2D eigenvalue weighted by Crippen LogP contribution is -2.46. The Labute approximate surface area is 220 Å². The molecule has 2 N–H and O–H groups in total. The summed E-state index contributed by atoms with van der Waals surface area (Å²) < 4.78 is 10.3. The fraction of sp³-hybridized carbons (Fsp3) is 0.200. The predicted octanol–water partition coefficient (Wildman–Crippen LogP) is 3.83. The Morgan fingerprint density at radius 1 is 0.921 bits per heavy atom. The van der Waals surface area contributed by atoms with Crippen LogP contribution in [0.2, 0.25) is 0 Å². The van der Waals surface area contributed by atoms with Crippen molar-refractivity contribution in [2.24, 2.45) is 11.7 Å². The van der Waals surface area contributed by atoms with Crippen LogP contribution in [0.25, 0.3) is 0 Å². The van der Waals surface area contributed by atoms with Crippen molar-refractivity contribution in [1.29, 1.82) is 0 Å². The predicted molar refractivity (Wildman–Crippen MR) is 140 cm³/mol. The van der Waals surface area contributed by atoms with E-state index in [9.17, 15) is 14.4 Å². The lowest BCUT2D eigenvalue weighted by Gasteiger charge is -2.44. The van der Waals surface area contributed by atoms with Crippen LogP contribution in [0.4, 0.5) is 5.69 Å². The molecule has 1 aliphatic carbocycles. The number of benzene rings is 2. The van der Waals surface area contributed by atoms with Crippen molar-refractivity contribution in [3.8, 4) is 0 Å². The number of Topliss-reactive ketones (excluding diaryl/α,β-unsaturated/α-hetero) is 1. The van der Waals surface area contributed by atoms with Crippen LogP contribution < -0.4 is 10.6 Å². The van der Waals surface area contributed by atoms with Crippen molar-refractivity contribution in [2.75, 3.05) is 19.1 Å². The van der Waals surface area contributed by atoms with E-state index in [2.05, 4.69) is 4.98 Å². The maximum Gasteiger partial charge on any atom is 0.338 e. The third kappa shape index (κ3) is 4.14. The molecule has 0 radical (unpaired) electrons. The molecule has 8 heteroatoms. The minimum atomic E-state index is -1.10. The van der Waals surface area contributed by atoms with Gasteiger partial charge in [-0.2, -0.15) is 0 Å². The number of ketones is 1. The largest absolute Gasteiger partial charge is 0.468 e. The quantitative estimate of drug-likeness (QED) is 0.408. The molecule has 38 heavy (non-hydrogen) atoms. The number of para-hydroxylation sites is 1. The number of rotatable bonds is 5. The normalized spacial score (nSPS) is 21.2. The molecule has 5 rings (SSSR count). The van der Waals surface area contributed by atoms with E-state index in [-0.39, 0.29) is 11.4 Å². The minimum Gasteiger partial charge on any atom is -0.468 e. The molecule has 0 bridgehead atoms. The first-order chi connectivity index (χ1) is 18.5. The zero-order valence-electron chi connectivity index (χ0n) is 21.0. The van der Waals surface area contributed by atoms with Gasteiger partial charge in [-0.05, 0) is 35.7 Å². The third-order valence-corrected chi connectivity index (χ3v) is 7.16. The van der Waals surface area contributed by atoms with Gasteiger partial charge < -0.3 is 15.2 Å². The molecule has 2 aromatic carbocycles. The molecule has 0 saturated heterocycles. The number of hydrogen-bond donors (Lipinski definition) is 1. The zero-order valence-corrected chi connectivity index (χ0v) is 21.0. The monoisotopic (exact) mass is 509 g/mol. The molecule has 1 aromatic heterocycles. The van der Waals surface area contributed by atoms with Crippen molar-refractivity contribution in [1.82, 2.24) is 4.98 Å². The van der Waals surface area contributed by atoms with Crippen LogP contribution in [-0.2, 0) is 23.9 Å². The smallest absolute Gasteiger partial charge is 0.338 e. The highest BCUT2D eigenvalue weighted by Gasteiger charge is 2.51. The molecule has 3 atom stereocenters. The van der Waals surface area contributed by atoms with Gasteiger partial charge >= 0.3 is 11.9 Å². The van der Waals surface area contributed by atoms with Gasteiger partial charge in [-0.3, -0.25) is 19.5 Å². The minimum absolute atomic E-state index is 0.109. The fourth-order valence-electron chi connectivity index (χ4n) is 5.50. The maximum absolute atomic E-state index is 14.4. The van der Waals surface area contributed by atoms with Crippen LogP contribution in [0, 0.1) is 5.92 Å². The number of aromatic nitrogens is 1. The van der Waals surface area contributed by atoms with E-state index in [0.717, 1.165) is 5.56 Å². The second kappa shape index (κ2) is 10.3. The third-order valence-electron chi connectivity index (χ3n) is 7.16. The standard InChI is InChI=1S/C30H27N3O5/c1-37-29(35)24-21(18-10-5-3-6-11-18)16-22-25(27(24)34)23(19-12-9-15-32-17-19)26(30(36)38-2)28(31)33(22)20-13-7-4-8-14-20/h3-15,17,21,23-24H,16,31H2,1-2H3/t21-,23+,24+/m1/s1.